The van der Waals surface area contributed by atoms with E-state index >= 15 is 0 Å². The molecular formula is C29H25F3N8O5. The highest BCUT2D eigenvalue weighted by Crippen LogP contribution is 2.19. The molecule has 0 aliphatic carbocycles. The predicted octanol–water partition coefficient (Wildman–Crippen LogP) is 2.02. The number of ether oxygens (including phenoxy) is 1. The van der Waals surface area contributed by atoms with Gasteiger partial charge < -0.3 is 20.4 Å². The van der Waals surface area contributed by atoms with Crippen LogP contribution in [0.4, 0.5) is 24.8 Å². The molecule has 0 unspecified atom stereocenters. The Balaban J connectivity index is 1.50. The third kappa shape index (κ3) is 6.84. The van der Waals surface area contributed by atoms with E-state index in [1.54, 1.807) is 48.3 Å². The summed E-state index contributed by atoms with van der Waals surface area (Å²) in [5.74, 6) is -4.97. The number of hydrogen-bond donors (Lipinski definition) is 3. The third-order valence-corrected chi connectivity index (χ3v) is 6.65. The molecule has 3 N–H and O–H groups in total. The summed E-state index contributed by atoms with van der Waals surface area (Å²) in [6.07, 6.45) is 2.89. The first-order chi connectivity index (χ1) is 21.5. The van der Waals surface area contributed by atoms with E-state index in [0.29, 0.717) is 33.8 Å². The van der Waals surface area contributed by atoms with E-state index in [-0.39, 0.29) is 29.2 Å². The molecule has 5 rings (SSSR count). The Morgan fingerprint density at radius 1 is 0.978 bits per heavy atom. The smallest absolute Gasteiger partial charge is 0.355 e. The van der Waals surface area contributed by atoms with E-state index in [9.17, 15) is 32.3 Å². The molecule has 2 aromatic carbocycles. The van der Waals surface area contributed by atoms with E-state index in [2.05, 4.69) is 25.7 Å². The SMILES string of the molecule is COc1ccc(Nc2nc(=O)n(Cc3cc(C(=O)NCc4ccn(C)n4)c[nH]c3=O)c(=O)n2Cc2cc(F)c(F)c(F)c2)cc1. The molecule has 0 radical (unpaired) electrons. The summed E-state index contributed by atoms with van der Waals surface area (Å²) in [6.45, 7) is -1.03. The number of carbonyl (C=O) groups excluding carboxylic acids is 1. The Morgan fingerprint density at radius 2 is 1.69 bits per heavy atom. The molecule has 1 amide bonds. The molecule has 0 aliphatic heterocycles. The lowest BCUT2D eigenvalue weighted by molar-refractivity contribution is 0.0949. The quantitative estimate of drug-likeness (QED) is 0.200. The highest BCUT2D eigenvalue weighted by atomic mass is 19.2. The summed E-state index contributed by atoms with van der Waals surface area (Å²) < 4.78 is 49.9. The highest BCUT2D eigenvalue weighted by molar-refractivity contribution is 5.93. The Kier molecular flexibility index (Phi) is 8.65. The Labute approximate surface area is 251 Å². The number of rotatable bonds is 10. The van der Waals surface area contributed by atoms with Gasteiger partial charge in [0.05, 0.1) is 38.0 Å². The zero-order chi connectivity index (χ0) is 32.2. The second-order valence-corrected chi connectivity index (χ2v) is 9.81. The van der Waals surface area contributed by atoms with Crippen LogP contribution in [0.2, 0.25) is 0 Å². The zero-order valence-electron chi connectivity index (χ0n) is 23.8. The molecule has 16 heteroatoms. The molecular weight excluding hydrogens is 597 g/mol. The average Bonchev–Trinajstić information content (AvgIpc) is 3.44. The second-order valence-electron chi connectivity index (χ2n) is 9.81. The van der Waals surface area contributed by atoms with Gasteiger partial charge in [0.2, 0.25) is 5.95 Å². The molecule has 0 bridgehead atoms. The van der Waals surface area contributed by atoms with Crippen LogP contribution in [0.25, 0.3) is 0 Å². The van der Waals surface area contributed by atoms with Crippen LogP contribution in [-0.4, -0.2) is 41.9 Å². The van der Waals surface area contributed by atoms with E-state index in [1.807, 2.05) is 0 Å². The average molecular weight is 623 g/mol. The predicted molar refractivity (Wildman–Crippen MR) is 155 cm³/mol. The van der Waals surface area contributed by atoms with Crippen LogP contribution in [0.15, 0.2) is 75.3 Å². The van der Waals surface area contributed by atoms with Gasteiger partial charge in [-0.3, -0.25) is 18.8 Å². The minimum absolute atomic E-state index is 0.0388. The number of aromatic nitrogens is 6. The molecule has 5 aromatic rings. The molecule has 232 valence electrons. The van der Waals surface area contributed by atoms with Gasteiger partial charge in [-0.15, -0.1) is 0 Å². The van der Waals surface area contributed by atoms with Crippen molar-refractivity contribution in [3.8, 4) is 5.75 Å². The van der Waals surface area contributed by atoms with Crippen LogP contribution >= 0.6 is 0 Å². The van der Waals surface area contributed by atoms with E-state index < -0.39 is 53.4 Å². The molecule has 0 saturated carbocycles. The number of nitrogens with zero attached hydrogens (tertiary/aromatic N) is 5. The number of methoxy groups -OCH3 is 1. The molecule has 45 heavy (non-hydrogen) atoms. The van der Waals surface area contributed by atoms with Gasteiger partial charge >= 0.3 is 11.4 Å². The van der Waals surface area contributed by atoms with Crippen LogP contribution in [0.3, 0.4) is 0 Å². The summed E-state index contributed by atoms with van der Waals surface area (Å²) in [6, 6.07) is 10.7. The Morgan fingerprint density at radius 3 is 2.33 bits per heavy atom. The molecule has 0 saturated heterocycles. The van der Waals surface area contributed by atoms with E-state index in [0.717, 1.165) is 4.57 Å². The van der Waals surface area contributed by atoms with Crippen molar-refractivity contribution in [2.24, 2.45) is 7.05 Å². The van der Waals surface area contributed by atoms with Gasteiger partial charge in [-0.2, -0.15) is 10.1 Å². The standard InChI is InChI=1S/C29H25F3N8O5/c1-38-8-7-20(37-38)13-34-25(41)17-11-18(26(42)33-12-17)15-40-28(43)36-27(35-19-3-5-21(45-2)6-4-19)39(29(40)44)14-16-9-22(30)24(32)23(31)10-16/h3-12H,13-15H2,1-2H3,(H,33,42)(H,34,41)(H,35,36,43). The fraction of sp³-hybridized carbons (Fsp3) is 0.172. The lowest BCUT2D eigenvalue weighted by atomic mass is 10.2. The summed E-state index contributed by atoms with van der Waals surface area (Å²) in [4.78, 5) is 58.6. The van der Waals surface area contributed by atoms with Crippen LogP contribution < -0.4 is 32.3 Å². The van der Waals surface area contributed by atoms with Gasteiger partial charge in [0.25, 0.3) is 11.5 Å². The van der Waals surface area contributed by atoms with Crippen molar-refractivity contribution in [1.82, 2.24) is 34.2 Å². The number of aromatic amines is 1. The highest BCUT2D eigenvalue weighted by Gasteiger charge is 2.19. The maximum atomic E-state index is 14.0. The number of aryl methyl sites for hydroxylation is 1. The van der Waals surface area contributed by atoms with Crippen molar-refractivity contribution in [3.63, 3.8) is 0 Å². The Bertz CT molecular complexity index is 2050. The second kappa shape index (κ2) is 12.7. The van der Waals surface area contributed by atoms with Crippen molar-refractivity contribution < 1.29 is 22.7 Å². The number of amides is 1. The molecule has 13 nitrogen and oxygen atoms in total. The van der Waals surface area contributed by atoms with Gasteiger partial charge in [0.1, 0.15) is 5.75 Å². The minimum Gasteiger partial charge on any atom is -0.497 e. The fourth-order valence-corrected chi connectivity index (χ4v) is 4.37. The minimum atomic E-state index is -1.69. The first kappa shape index (κ1) is 30.5. The largest absolute Gasteiger partial charge is 0.497 e. The van der Waals surface area contributed by atoms with Crippen LogP contribution in [0.1, 0.15) is 27.2 Å². The zero-order valence-corrected chi connectivity index (χ0v) is 23.8. The number of hydrogen-bond acceptors (Lipinski definition) is 8. The number of H-pyrrole nitrogens is 1. The molecule has 0 atom stereocenters. The van der Waals surface area contributed by atoms with Gasteiger partial charge in [-0.1, -0.05) is 0 Å². The van der Waals surface area contributed by atoms with Crippen LogP contribution in [0.5, 0.6) is 5.75 Å². The first-order valence-electron chi connectivity index (χ1n) is 13.3. The van der Waals surface area contributed by atoms with Crippen molar-refractivity contribution in [3.05, 3.63) is 132 Å². The maximum Gasteiger partial charge on any atom is 0.355 e. The van der Waals surface area contributed by atoms with Gasteiger partial charge in [-0.25, -0.2) is 27.3 Å². The first-order valence-corrected chi connectivity index (χ1v) is 13.3. The van der Waals surface area contributed by atoms with Crippen molar-refractivity contribution in [2.45, 2.75) is 19.6 Å². The van der Waals surface area contributed by atoms with E-state index in [1.165, 1.54) is 19.4 Å². The normalized spacial score (nSPS) is 11.0. The van der Waals surface area contributed by atoms with Crippen molar-refractivity contribution in [2.75, 3.05) is 12.4 Å². The van der Waals surface area contributed by atoms with Crippen molar-refractivity contribution >= 4 is 17.5 Å². The number of nitrogens with one attached hydrogen (secondary N) is 3. The number of pyridine rings is 1. The molecule has 0 spiro atoms. The van der Waals surface area contributed by atoms with Crippen molar-refractivity contribution in [1.29, 1.82) is 0 Å². The fourth-order valence-electron chi connectivity index (χ4n) is 4.37. The molecule has 3 aromatic heterocycles. The number of halogens is 3. The van der Waals surface area contributed by atoms with Crippen LogP contribution in [0, 0.1) is 17.5 Å². The maximum absolute atomic E-state index is 14.0. The monoisotopic (exact) mass is 622 g/mol. The van der Waals surface area contributed by atoms with Crippen LogP contribution in [-0.2, 0) is 26.7 Å². The number of benzene rings is 2. The summed E-state index contributed by atoms with van der Waals surface area (Å²) in [5, 5.41) is 9.64. The lowest BCUT2D eigenvalue weighted by Crippen LogP contribution is -2.43. The third-order valence-electron chi connectivity index (χ3n) is 6.65. The number of carbonyl (C=O) groups is 1. The van der Waals surface area contributed by atoms with Gasteiger partial charge in [0.15, 0.2) is 17.5 Å². The topological polar surface area (TPSA) is 158 Å². The van der Waals surface area contributed by atoms with Gasteiger partial charge in [-0.05, 0) is 54.1 Å². The summed E-state index contributed by atoms with van der Waals surface area (Å²) in [7, 11) is 3.19. The number of anilines is 2. The lowest BCUT2D eigenvalue weighted by Gasteiger charge is -2.16. The molecule has 0 aliphatic rings. The summed E-state index contributed by atoms with van der Waals surface area (Å²) in [5.41, 5.74) is -2.02. The summed E-state index contributed by atoms with van der Waals surface area (Å²) >= 11 is 0. The Hall–Kier alpha value is -5.93. The molecule has 3 heterocycles. The van der Waals surface area contributed by atoms with E-state index in [4.69, 9.17) is 4.74 Å². The molecule has 0 fully saturated rings. The van der Waals surface area contributed by atoms with Gasteiger partial charge in [0, 0.05) is 30.7 Å².